The van der Waals surface area contributed by atoms with Crippen molar-refractivity contribution in [2.75, 3.05) is 6.61 Å². The van der Waals surface area contributed by atoms with Gasteiger partial charge in [0, 0.05) is 12.8 Å². The van der Waals surface area contributed by atoms with E-state index in [1.54, 1.807) is 12.1 Å². The molecule has 1 aromatic carbocycles. The van der Waals surface area contributed by atoms with Gasteiger partial charge in [-0.05, 0) is 35.6 Å². The molecule has 3 rings (SSSR count). The second kappa shape index (κ2) is 5.76. The number of carboxylic acid groups (broad SMARTS) is 1. The summed E-state index contributed by atoms with van der Waals surface area (Å²) in [7, 11) is 0. The number of amides is 1. The molecule has 5 nitrogen and oxygen atoms in total. The molecule has 1 fully saturated rings. The highest BCUT2D eigenvalue weighted by Crippen LogP contribution is 2.33. The van der Waals surface area contributed by atoms with Crippen LogP contribution in [0.25, 0.3) is 0 Å². The maximum absolute atomic E-state index is 11.9. The summed E-state index contributed by atoms with van der Waals surface area (Å²) in [6.45, 7) is 0.629. The van der Waals surface area contributed by atoms with Crippen molar-refractivity contribution in [1.29, 1.82) is 0 Å². The molecule has 1 unspecified atom stereocenters. The van der Waals surface area contributed by atoms with Gasteiger partial charge in [-0.2, -0.15) is 0 Å². The van der Waals surface area contributed by atoms with Crippen LogP contribution in [0.4, 0.5) is 0 Å². The molecule has 1 aliphatic heterocycles. The first kappa shape index (κ1) is 13.9. The zero-order valence-corrected chi connectivity index (χ0v) is 11.8. The Morgan fingerprint density at radius 1 is 1.38 bits per heavy atom. The summed E-state index contributed by atoms with van der Waals surface area (Å²) in [6, 6.07) is 4.33. The predicted molar refractivity (Wildman–Crippen MR) is 76.1 cm³/mol. The van der Waals surface area contributed by atoms with Crippen LogP contribution >= 0.6 is 0 Å². The fraction of sp³-hybridized carbons (Fsp3) is 0.500. The molecule has 1 amide bonds. The minimum Gasteiger partial charge on any atom is -0.493 e. The van der Waals surface area contributed by atoms with Crippen molar-refractivity contribution in [3.63, 3.8) is 0 Å². The lowest BCUT2D eigenvalue weighted by Crippen LogP contribution is -2.33. The van der Waals surface area contributed by atoms with E-state index in [-0.39, 0.29) is 5.91 Å². The molecule has 1 saturated carbocycles. The minimum atomic E-state index is -1.03. The van der Waals surface area contributed by atoms with Gasteiger partial charge in [0.1, 0.15) is 5.75 Å². The van der Waals surface area contributed by atoms with Gasteiger partial charge in [0.05, 0.1) is 6.61 Å². The van der Waals surface area contributed by atoms with Gasteiger partial charge in [0.25, 0.3) is 0 Å². The highest BCUT2D eigenvalue weighted by Gasteiger charge is 2.26. The number of carbonyl (C=O) groups is 2. The first-order chi connectivity index (χ1) is 10.1. The number of carboxylic acids is 1. The molecule has 2 N–H and O–H groups in total. The zero-order chi connectivity index (χ0) is 14.8. The van der Waals surface area contributed by atoms with Gasteiger partial charge in [-0.25, -0.2) is 4.79 Å². The molecule has 1 aromatic rings. The third-order valence-corrected chi connectivity index (χ3v) is 4.08. The lowest BCUT2D eigenvalue weighted by molar-refractivity contribution is -0.142. The number of carbonyl (C=O) groups excluding carboxylic acids is 1. The van der Waals surface area contributed by atoms with Crippen LogP contribution in [0.1, 0.15) is 42.9 Å². The van der Waals surface area contributed by atoms with E-state index in [1.807, 2.05) is 6.07 Å². The van der Waals surface area contributed by atoms with Gasteiger partial charge in [-0.1, -0.05) is 18.9 Å². The van der Waals surface area contributed by atoms with Gasteiger partial charge in [0.2, 0.25) is 5.91 Å². The van der Waals surface area contributed by atoms with Crippen LogP contribution in [0.3, 0.4) is 0 Å². The molecule has 0 radical (unpaired) electrons. The fourth-order valence-electron chi connectivity index (χ4n) is 2.65. The van der Waals surface area contributed by atoms with Crippen LogP contribution in [-0.2, 0) is 16.0 Å². The van der Waals surface area contributed by atoms with Crippen LogP contribution in [0.15, 0.2) is 18.2 Å². The van der Waals surface area contributed by atoms with E-state index < -0.39 is 12.0 Å². The summed E-state index contributed by atoms with van der Waals surface area (Å²) in [5.41, 5.74) is 1.61. The topological polar surface area (TPSA) is 75.6 Å². The molecule has 0 saturated heterocycles. The standard InChI is InChI=1S/C16H19NO4/c18-14(6-3-10-1-2-10)17-15(16(19)20)12-4-5-13-11(9-12)7-8-21-13/h4-5,9-10,15H,1-3,6-8H2,(H,17,18)(H,19,20). The molecular weight excluding hydrogens is 270 g/mol. The van der Waals surface area contributed by atoms with Crippen LogP contribution in [0.5, 0.6) is 5.75 Å². The van der Waals surface area contributed by atoms with Crippen LogP contribution < -0.4 is 10.1 Å². The molecule has 0 spiro atoms. The minimum absolute atomic E-state index is 0.189. The first-order valence-corrected chi connectivity index (χ1v) is 7.41. The van der Waals surface area contributed by atoms with Crippen LogP contribution in [0.2, 0.25) is 0 Å². The number of fused-ring (bicyclic) bond motifs is 1. The molecule has 1 heterocycles. The van der Waals surface area contributed by atoms with E-state index >= 15 is 0 Å². The Bertz CT molecular complexity index is 565. The lowest BCUT2D eigenvalue weighted by atomic mass is 10.0. The largest absolute Gasteiger partial charge is 0.493 e. The van der Waals surface area contributed by atoms with E-state index in [0.29, 0.717) is 24.5 Å². The Balaban J connectivity index is 1.68. The number of benzene rings is 1. The predicted octanol–water partition coefficient (Wildman–Crippen LogP) is 2.05. The van der Waals surface area contributed by atoms with Crippen molar-refractivity contribution >= 4 is 11.9 Å². The van der Waals surface area contributed by atoms with Gasteiger partial charge < -0.3 is 15.2 Å². The normalized spacial score (nSPS) is 17.7. The molecule has 0 bridgehead atoms. The molecule has 112 valence electrons. The summed E-state index contributed by atoms with van der Waals surface area (Å²) >= 11 is 0. The second-order valence-electron chi connectivity index (χ2n) is 5.79. The lowest BCUT2D eigenvalue weighted by Gasteiger charge is -2.15. The molecule has 1 aliphatic carbocycles. The zero-order valence-electron chi connectivity index (χ0n) is 11.8. The number of rotatable bonds is 6. The van der Waals surface area contributed by atoms with Crippen molar-refractivity contribution in [2.24, 2.45) is 5.92 Å². The maximum atomic E-state index is 11.9. The first-order valence-electron chi connectivity index (χ1n) is 7.41. The molecule has 21 heavy (non-hydrogen) atoms. The number of hydrogen-bond donors (Lipinski definition) is 2. The third kappa shape index (κ3) is 3.35. The number of aliphatic carboxylic acids is 1. The summed E-state index contributed by atoms with van der Waals surface area (Å²) < 4.78 is 5.41. The molecular formula is C16H19NO4. The monoisotopic (exact) mass is 289 g/mol. The fourth-order valence-corrected chi connectivity index (χ4v) is 2.65. The Labute approximate surface area is 123 Å². The average Bonchev–Trinajstić information content (AvgIpc) is 3.17. The van der Waals surface area contributed by atoms with Crippen LogP contribution in [-0.4, -0.2) is 23.6 Å². The SMILES string of the molecule is O=C(CCC1CC1)NC(C(=O)O)c1ccc2c(c1)CCO2. The smallest absolute Gasteiger partial charge is 0.330 e. The average molecular weight is 289 g/mol. The summed E-state index contributed by atoms with van der Waals surface area (Å²) in [5, 5.41) is 12.0. The van der Waals surface area contributed by atoms with Gasteiger partial charge in [0.15, 0.2) is 6.04 Å². The maximum Gasteiger partial charge on any atom is 0.330 e. The van der Waals surface area contributed by atoms with Crippen molar-refractivity contribution in [2.45, 2.75) is 38.1 Å². The summed E-state index contributed by atoms with van der Waals surface area (Å²) in [6.07, 6.45) is 4.44. The van der Waals surface area contributed by atoms with E-state index in [4.69, 9.17) is 4.74 Å². The molecule has 0 aromatic heterocycles. The Hall–Kier alpha value is -2.04. The third-order valence-electron chi connectivity index (χ3n) is 4.08. The van der Waals surface area contributed by atoms with Crippen LogP contribution in [0, 0.1) is 5.92 Å². The van der Waals surface area contributed by atoms with E-state index in [9.17, 15) is 14.7 Å². The van der Waals surface area contributed by atoms with E-state index in [1.165, 1.54) is 12.8 Å². The highest BCUT2D eigenvalue weighted by molar-refractivity contribution is 5.84. The number of nitrogens with one attached hydrogen (secondary N) is 1. The van der Waals surface area contributed by atoms with Crippen molar-refractivity contribution in [1.82, 2.24) is 5.32 Å². The van der Waals surface area contributed by atoms with Gasteiger partial charge in [-0.3, -0.25) is 4.79 Å². The van der Waals surface area contributed by atoms with E-state index in [0.717, 1.165) is 24.2 Å². The van der Waals surface area contributed by atoms with Crippen molar-refractivity contribution < 1.29 is 19.4 Å². The van der Waals surface area contributed by atoms with Crippen molar-refractivity contribution in [3.05, 3.63) is 29.3 Å². The molecule has 1 atom stereocenters. The van der Waals surface area contributed by atoms with Crippen molar-refractivity contribution in [3.8, 4) is 5.75 Å². The number of hydrogen-bond acceptors (Lipinski definition) is 3. The molecule has 5 heteroatoms. The number of ether oxygens (including phenoxy) is 1. The summed E-state index contributed by atoms with van der Waals surface area (Å²) in [5.74, 6) is 0.249. The van der Waals surface area contributed by atoms with Gasteiger partial charge in [-0.15, -0.1) is 0 Å². The van der Waals surface area contributed by atoms with E-state index in [2.05, 4.69) is 5.32 Å². The highest BCUT2D eigenvalue weighted by atomic mass is 16.5. The van der Waals surface area contributed by atoms with Gasteiger partial charge >= 0.3 is 5.97 Å². The summed E-state index contributed by atoms with van der Waals surface area (Å²) in [4.78, 5) is 23.3. The molecule has 2 aliphatic rings. The Morgan fingerprint density at radius 3 is 2.90 bits per heavy atom. The quantitative estimate of drug-likeness (QED) is 0.840. The Kier molecular flexibility index (Phi) is 3.82. The Morgan fingerprint density at radius 2 is 2.19 bits per heavy atom. The second-order valence-corrected chi connectivity index (χ2v) is 5.79.